The predicted octanol–water partition coefficient (Wildman–Crippen LogP) is 2.68. The van der Waals surface area contributed by atoms with Crippen LogP contribution >= 0.6 is 0 Å². The number of aromatic nitrogens is 1. The molecule has 0 aliphatic heterocycles. The molecule has 0 atom stereocenters. The van der Waals surface area contributed by atoms with E-state index in [-0.39, 0.29) is 18.7 Å². The fourth-order valence-corrected chi connectivity index (χ4v) is 3.51. The third kappa shape index (κ3) is 3.50. The van der Waals surface area contributed by atoms with Gasteiger partial charge in [0.05, 0.1) is 23.9 Å². The van der Waals surface area contributed by atoms with E-state index < -0.39 is 11.5 Å². The molecule has 1 aromatic carbocycles. The topological polar surface area (TPSA) is 79.3 Å². The van der Waals surface area contributed by atoms with Crippen LogP contribution in [0.25, 0.3) is 10.9 Å². The van der Waals surface area contributed by atoms with Crippen LogP contribution in [0.5, 0.6) is 0 Å². The van der Waals surface area contributed by atoms with Gasteiger partial charge in [-0.3, -0.25) is 14.6 Å². The van der Waals surface area contributed by atoms with E-state index in [1.165, 1.54) is 0 Å². The molecule has 120 valence electrons. The van der Waals surface area contributed by atoms with E-state index in [1.54, 1.807) is 6.20 Å². The minimum absolute atomic E-state index is 0.00741. The number of nitrogens with zero attached hydrogens (tertiary/aromatic N) is 1. The summed E-state index contributed by atoms with van der Waals surface area (Å²) >= 11 is 0. The van der Waals surface area contributed by atoms with Crippen LogP contribution in [-0.4, -0.2) is 27.5 Å². The van der Waals surface area contributed by atoms with E-state index in [4.69, 9.17) is 5.11 Å². The second-order valence-electron chi connectivity index (χ2n) is 6.28. The Morgan fingerprint density at radius 1 is 1.17 bits per heavy atom. The van der Waals surface area contributed by atoms with E-state index in [9.17, 15) is 9.59 Å². The number of carboxylic acid groups (broad SMARTS) is 1. The number of hydrogen-bond donors (Lipinski definition) is 2. The first-order valence-corrected chi connectivity index (χ1v) is 7.93. The van der Waals surface area contributed by atoms with Gasteiger partial charge in [0.1, 0.15) is 0 Å². The lowest BCUT2D eigenvalue weighted by atomic mass is 9.92. The predicted molar refractivity (Wildman–Crippen MR) is 87.0 cm³/mol. The third-order valence-corrected chi connectivity index (χ3v) is 4.52. The lowest BCUT2D eigenvalue weighted by molar-refractivity contribution is -0.139. The number of hydrogen-bond acceptors (Lipinski definition) is 3. The Morgan fingerprint density at radius 3 is 2.65 bits per heavy atom. The molecule has 1 aliphatic rings. The van der Waals surface area contributed by atoms with Gasteiger partial charge < -0.3 is 10.4 Å². The molecule has 1 amide bonds. The number of carbonyl (C=O) groups excluding carboxylic acids is 1. The third-order valence-electron chi connectivity index (χ3n) is 4.52. The number of nitrogens with one attached hydrogen (secondary N) is 1. The molecule has 0 saturated heterocycles. The number of benzene rings is 1. The Kier molecular flexibility index (Phi) is 4.28. The number of aliphatic carboxylic acids is 1. The molecule has 0 unspecified atom stereocenters. The lowest BCUT2D eigenvalue weighted by Crippen LogP contribution is -2.48. The maximum absolute atomic E-state index is 12.5. The van der Waals surface area contributed by atoms with Crippen molar-refractivity contribution >= 4 is 22.8 Å². The van der Waals surface area contributed by atoms with E-state index in [1.807, 2.05) is 30.3 Å². The van der Waals surface area contributed by atoms with Crippen molar-refractivity contribution in [3.05, 3.63) is 42.1 Å². The molecule has 1 saturated carbocycles. The SMILES string of the molecule is O=C(O)CC1(NC(=O)Cc2cccc3cccnc23)CCCC1. The average molecular weight is 312 g/mol. The minimum Gasteiger partial charge on any atom is -0.481 e. The standard InChI is InChI=1S/C18H20N2O3/c21-15(20-18(12-16(22)23)8-1-2-9-18)11-14-6-3-5-13-7-4-10-19-17(13)14/h3-7,10H,1-2,8-9,11-12H2,(H,20,21)(H,22,23). The second-order valence-corrected chi connectivity index (χ2v) is 6.28. The molecule has 0 bridgehead atoms. The van der Waals surface area contributed by atoms with Gasteiger partial charge in [-0.05, 0) is 24.5 Å². The lowest BCUT2D eigenvalue weighted by Gasteiger charge is -2.28. The Bertz CT molecular complexity index is 731. The Balaban J connectivity index is 1.77. The first-order valence-electron chi connectivity index (χ1n) is 7.93. The first kappa shape index (κ1) is 15.5. The first-order chi connectivity index (χ1) is 11.1. The Labute approximate surface area is 134 Å². The van der Waals surface area contributed by atoms with Crippen molar-refractivity contribution in [2.75, 3.05) is 0 Å². The molecular formula is C18H20N2O3. The van der Waals surface area contributed by atoms with Gasteiger partial charge in [0.25, 0.3) is 0 Å². The second kappa shape index (κ2) is 6.36. The van der Waals surface area contributed by atoms with Gasteiger partial charge in [-0.25, -0.2) is 0 Å². The molecule has 5 heteroatoms. The Hall–Kier alpha value is -2.43. The van der Waals surface area contributed by atoms with Crippen LogP contribution in [0.1, 0.15) is 37.7 Å². The van der Waals surface area contributed by atoms with Crippen molar-refractivity contribution in [3.8, 4) is 0 Å². The number of carbonyl (C=O) groups is 2. The van der Waals surface area contributed by atoms with Crippen molar-refractivity contribution in [1.82, 2.24) is 10.3 Å². The minimum atomic E-state index is -0.862. The normalized spacial score (nSPS) is 16.3. The molecule has 23 heavy (non-hydrogen) atoms. The highest BCUT2D eigenvalue weighted by Gasteiger charge is 2.37. The summed E-state index contributed by atoms with van der Waals surface area (Å²) < 4.78 is 0. The quantitative estimate of drug-likeness (QED) is 0.889. The zero-order valence-corrected chi connectivity index (χ0v) is 12.9. The largest absolute Gasteiger partial charge is 0.481 e. The molecule has 1 heterocycles. The monoisotopic (exact) mass is 312 g/mol. The van der Waals surface area contributed by atoms with Gasteiger partial charge >= 0.3 is 5.97 Å². The molecule has 3 rings (SSSR count). The molecule has 1 aliphatic carbocycles. The van der Waals surface area contributed by atoms with Gasteiger partial charge in [0.2, 0.25) is 5.91 Å². The fraction of sp³-hybridized carbons (Fsp3) is 0.389. The maximum atomic E-state index is 12.5. The molecule has 5 nitrogen and oxygen atoms in total. The zero-order valence-electron chi connectivity index (χ0n) is 12.9. The van der Waals surface area contributed by atoms with Crippen molar-refractivity contribution in [2.45, 2.75) is 44.1 Å². The summed E-state index contributed by atoms with van der Waals surface area (Å²) in [6.07, 6.45) is 5.32. The summed E-state index contributed by atoms with van der Waals surface area (Å²) in [6.45, 7) is 0. The number of rotatable bonds is 5. The number of fused-ring (bicyclic) bond motifs is 1. The number of para-hydroxylation sites is 1. The summed E-state index contributed by atoms with van der Waals surface area (Å²) in [4.78, 5) is 27.9. The van der Waals surface area contributed by atoms with Crippen LogP contribution in [-0.2, 0) is 16.0 Å². The van der Waals surface area contributed by atoms with Crippen LogP contribution in [0.2, 0.25) is 0 Å². The van der Waals surface area contributed by atoms with E-state index >= 15 is 0 Å². The van der Waals surface area contributed by atoms with Crippen LogP contribution in [0.15, 0.2) is 36.5 Å². The molecule has 2 N–H and O–H groups in total. The van der Waals surface area contributed by atoms with Gasteiger partial charge in [0, 0.05) is 11.6 Å². The number of carboxylic acids is 1. The number of pyridine rings is 1. The van der Waals surface area contributed by atoms with Gasteiger partial charge in [-0.1, -0.05) is 37.1 Å². The van der Waals surface area contributed by atoms with Crippen LogP contribution in [0.4, 0.5) is 0 Å². The molecule has 2 aromatic rings. The molecule has 1 fully saturated rings. The molecule has 0 radical (unpaired) electrons. The van der Waals surface area contributed by atoms with Gasteiger partial charge in [-0.2, -0.15) is 0 Å². The summed E-state index contributed by atoms with van der Waals surface area (Å²) in [5.74, 6) is -0.995. The smallest absolute Gasteiger partial charge is 0.305 e. The van der Waals surface area contributed by atoms with E-state index in [2.05, 4.69) is 10.3 Å². The summed E-state index contributed by atoms with van der Waals surface area (Å²) in [7, 11) is 0. The van der Waals surface area contributed by atoms with Crippen LogP contribution in [0, 0.1) is 0 Å². The summed E-state index contributed by atoms with van der Waals surface area (Å²) in [5, 5.41) is 13.1. The Morgan fingerprint density at radius 2 is 1.91 bits per heavy atom. The zero-order chi connectivity index (χ0) is 16.3. The molecule has 0 spiro atoms. The van der Waals surface area contributed by atoms with Gasteiger partial charge in [-0.15, -0.1) is 0 Å². The van der Waals surface area contributed by atoms with Crippen LogP contribution < -0.4 is 5.32 Å². The van der Waals surface area contributed by atoms with Crippen molar-refractivity contribution < 1.29 is 14.7 Å². The summed E-state index contributed by atoms with van der Waals surface area (Å²) in [6, 6.07) is 9.61. The highest BCUT2D eigenvalue weighted by atomic mass is 16.4. The fourth-order valence-electron chi connectivity index (χ4n) is 3.51. The molecular weight excluding hydrogens is 292 g/mol. The average Bonchev–Trinajstić information content (AvgIpc) is 2.94. The van der Waals surface area contributed by atoms with Crippen molar-refractivity contribution in [3.63, 3.8) is 0 Å². The van der Waals surface area contributed by atoms with Gasteiger partial charge in [0.15, 0.2) is 0 Å². The number of amides is 1. The maximum Gasteiger partial charge on any atom is 0.305 e. The molecule has 1 aromatic heterocycles. The van der Waals surface area contributed by atoms with Crippen molar-refractivity contribution in [2.24, 2.45) is 0 Å². The van der Waals surface area contributed by atoms with Crippen molar-refractivity contribution in [1.29, 1.82) is 0 Å². The highest BCUT2D eigenvalue weighted by molar-refractivity contribution is 5.88. The summed E-state index contributed by atoms with van der Waals surface area (Å²) in [5.41, 5.74) is 1.11. The van der Waals surface area contributed by atoms with E-state index in [0.29, 0.717) is 0 Å². The highest BCUT2D eigenvalue weighted by Crippen LogP contribution is 2.32. The van der Waals surface area contributed by atoms with E-state index in [0.717, 1.165) is 42.1 Å². The van der Waals surface area contributed by atoms with Crippen LogP contribution in [0.3, 0.4) is 0 Å².